The largest absolute Gasteiger partial charge is 0.381 e. The summed E-state index contributed by atoms with van der Waals surface area (Å²) >= 11 is 0. The van der Waals surface area contributed by atoms with Crippen molar-refractivity contribution in [3.05, 3.63) is 17.5 Å². The second-order valence-corrected chi connectivity index (χ2v) is 4.73. The second-order valence-electron chi connectivity index (χ2n) is 4.73. The molecule has 2 heterocycles. The van der Waals surface area contributed by atoms with Gasteiger partial charge in [0.2, 0.25) is 5.95 Å². The second kappa shape index (κ2) is 6.11. The number of rotatable bonds is 4. The molecule has 1 fully saturated rings. The highest BCUT2D eigenvalue weighted by Crippen LogP contribution is 2.18. The van der Waals surface area contributed by atoms with Gasteiger partial charge < -0.3 is 15.0 Å². The third kappa shape index (κ3) is 2.97. The van der Waals surface area contributed by atoms with Gasteiger partial charge in [-0.1, -0.05) is 0 Å². The number of aryl methyl sites for hydroxylation is 1. The van der Waals surface area contributed by atoms with Gasteiger partial charge in [0.15, 0.2) is 0 Å². The molecule has 1 aliphatic rings. The van der Waals surface area contributed by atoms with Crippen molar-refractivity contribution in [1.82, 2.24) is 15.3 Å². The van der Waals surface area contributed by atoms with Crippen molar-refractivity contribution >= 4 is 5.95 Å². The first-order valence-corrected chi connectivity index (χ1v) is 6.49. The maximum absolute atomic E-state index is 5.37. The maximum atomic E-state index is 5.37. The van der Waals surface area contributed by atoms with E-state index in [0.717, 1.165) is 49.7 Å². The van der Waals surface area contributed by atoms with Crippen LogP contribution in [-0.2, 0) is 11.3 Å². The van der Waals surface area contributed by atoms with E-state index in [9.17, 15) is 0 Å². The van der Waals surface area contributed by atoms with Gasteiger partial charge in [0.05, 0.1) is 6.10 Å². The predicted octanol–water partition coefficient (Wildman–Crippen LogP) is 1.12. The van der Waals surface area contributed by atoms with Gasteiger partial charge in [-0.05, 0) is 26.8 Å². The van der Waals surface area contributed by atoms with E-state index in [1.807, 2.05) is 20.2 Å². The molecule has 0 aromatic carbocycles. The summed E-state index contributed by atoms with van der Waals surface area (Å²) < 4.78 is 5.37. The third-order valence-corrected chi connectivity index (χ3v) is 3.49. The van der Waals surface area contributed by atoms with Crippen LogP contribution in [0.15, 0.2) is 6.20 Å². The Morgan fingerprint density at radius 1 is 1.44 bits per heavy atom. The van der Waals surface area contributed by atoms with Gasteiger partial charge in [-0.3, -0.25) is 0 Å². The van der Waals surface area contributed by atoms with Crippen molar-refractivity contribution < 1.29 is 4.74 Å². The number of piperidine rings is 1. The van der Waals surface area contributed by atoms with Crippen LogP contribution in [-0.4, -0.2) is 43.3 Å². The molecule has 1 aromatic rings. The Kier molecular flexibility index (Phi) is 4.49. The molecule has 0 radical (unpaired) electrons. The van der Waals surface area contributed by atoms with Gasteiger partial charge in [-0.2, -0.15) is 0 Å². The number of aromatic nitrogens is 2. The first kappa shape index (κ1) is 13.2. The van der Waals surface area contributed by atoms with Crippen LogP contribution in [0.5, 0.6) is 0 Å². The Morgan fingerprint density at radius 2 is 2.17 bits per heavy atom. The summed E-state index contributed by atoms with van der Waals surface area (Å²) in [6, 6.07) is 0. The van der Waals surface area contributed by atoms with Gasteiger partial charge in [0.1, 0.15) is 0 Å². The zero-order chi connectivity index (χ0) is 13.0. The summed E-state index contributed by atoms with van der Waals surface area (Å²) in [5.74, 6) is 0.849. The molecule has 2 rings (SSSR count). The van der Waals surface area contributed by atoms with Crippen LogP contribution in [0.4, 0.5) is 5.95 Å². The molecule has 0 unspecified atom stereocenters. The molecule has 0 aliphatic carbocycles. The van der Waals surface area contributed by atoms with Crippen LogP contribution >= 0.6 is 0 Å². The molecule has 0 saturated carbocycles. The minimum absolute atomic E-state index is 0.394. The summed E-state index contributed by atoms with van der Waals surface area (Å²) in [7, 11) is 3.72. The average molecular weight is 250 g/mol. The number of methoxy groups -OCH3 is 1. The van der Waals surface area contributed by atoms with E-state index >= 15 is 0 Å². The monoisotopic (exact) mass is 250 g/mol. The van der Waals surface area contributed by atoms with Crippen molar-refractivity contribution in [3.63, 3.8) is 0 Å². The molecule has 1 aromatic heterocycles. The summed E-state index contributed by atoms with van der Waals surface area (Å²) in [5, 5.41) is 3.13. The van der Waals surface area contributed by atoms with Crippen LogP contribution in [0.25, 0.3) is 0 Å². The van der Waals surface area contributed by atoms with Crippen molar-refractivity contribution in [2.24, 2.45) is 0 Å². The highest BCUT2D eigenvalue weighted by Gasteiger charge is 2.20. The average Bonchev–Trinajstić information content (AvgIpc) is 2.41. The summed E-state index contributed by atoms with van der Waals surface area (Å²) in [6.07, 6.45) is 4.43. The number of anilines is 1. The molecule has 0 amide bonds. The normalized spacial score (nSPS) is 17.2. The molecule has 0 bridgehead atoms. The van der Waals surface area contributed by atoms with Gasteiger partial charge in [-0.15, -0.1) is 0 Å². The lowest BCUT2D eigenvalue weighted by atomic mass is 10.1. The molecular weight excluding hydrogens is 228 g/mol. The van der Waals surface area contributed by atoms with Crippen molar-refractivity contribution in [3.8, 4) is 0 Å². The van der Waals surface area contributed by atoms with Crippen LogP contribution in [0.2, 0.25) is 0 Å². The van der Waals surface area contributed by atoms with Crippen LogP contribution < -0.4 is 10.2 Å². The van der Waals surface area contributed by atoms with E-state index in [-0.39, 0.29) is 0 Å². The van der Waals surface area contributed by atoms with Crippen LogP contribution in [0, 0.1) is 6.92 Å². The highest BCUT2D eigenvalue weighted by atomic mass is 16.5. The summed E-state index contributed by atoms with van der Waals surface area (Å²) in [6.45, 7) is 4.81. The third-order valence-electron chi connectivity index (χ3n) is 3.49. The van der Waals surface area contributed by atoms with Crippen LogP contribution in [0.1, 0.15) is 24.1 Å². The Hall–Kier alpha value is -1.20. The molecular formula is C13H22N4O. The zero-order valence-electron chi connectivity index (χ0n) is 11.4. The Labute approximate surface area is 109 Å². The fourth-order valence-electron chi connectivity index (χ4n) is 2.29. The van der Waals surface area contributed by atoms with E-state index in [0.29, 0.717) is 6.10 Å². The van der Waals surface area contributed by atoms with Gasteiger partial charge >= 0.3 is 0 Å². The van der Waals surface area contributed by atoms with Crippen LogP contribution in [0.3, 0.4) is 0 Å². The highest BCUT2D eigenvalue weighted by molar-refractivity contribution is 5.33. The number of hydrogen-bond acceptors (Lipinski definition) is 5. The van der Waals surface area contributed by atoms with E-state index in [2.05, 4.69) is 20.2 Å². The van der Waals surface area contributed by atoms with E-state index < -0.39 is 0 Å². The zero-order valence-corrected chi connectivity index (χ0v) is 11.4. The number of nitrogens with one attached hydrogen (secondary N) is 1. The van der Waals surface area contributed by atoms with Gasteiger partial charge in [-0.25, -0.2) is 9.97 Å². The molecule has 0 atom stereocenters. The minimum Gasteiger partial charge on any atom is -0.381 e. The van der Waals surface area contributed by atoms with E-state index in [1.165, 1.54) is 0 Å². The summed E-state index contributed by atoms with van der Waals surface area (Å²) in [4.78, 5) is 11.3. The predicted molar refractivity (Wildman–Crippen MR) is 71.8 cm³/mol. The maximum Gasteiger partial charge on any atom is 0.225 e. The molecule has 1 saturated heterocycles. The Balaban J connectivity index is 2.03. The lowest BCUT2D eigenvalue weighted by Crippen LogP contribution is -2.37. The summed E-state index contributed by atoms with van der Waals surface area (Å²) in [5.41, 5.74) is 2.22. The van der Waals surface area contributed by atoms with E-state index in [1.54, 1.807) is 7.11 Å². The molecule has 18 heavy (non-hydrogen) atoms. The number of ether oxygens (including phenoxy) is 1. The van der Waals surface area contributed by atoms with Gasteiger partial charge in [0.25, 0.3) is 0 Å². The van der Waals surface area contributed by atoms with E-state index in [4.69, 9.17) is 4.74 Å². The van der Waals surface area contributed by atoms with Crippen molar-refractivity contribution in [1.29, 1.82) is 0 Å². The molecule has 0 spiro atoms. The van der Waals surface area contributed by atoms with Crippen molar-refractivity contribution in [2.75, 3.05) is 32.1 Å². The van der Waals surface area contributed by atoms with Gasteiger partial charge in [0, 0.05) is 44.2 Å². The molecule has 100 valence electrons. The molecule has 5 heteroatoms. The quantitative estimate of drug-likeness (QED) is 0.868. The Bertz CT molecular complexity index is 389. The lowest BCUT2D eigenvalue weighted by molar-refractivity contribution is 0.0816. The van der Waals surface area contributed by atoms with Crippen molar-refractivity contribution in [2.45, 2.75) is 32.4 Å². The minimum atomic E-state index is 0.394. The molecule has 1 aliphatic heterocycles. The molecule has 5 nitrogen and oxygen atoms in total. The fourth-order valence-corrected chi connectivity index (χ4v) is 2.29. The first-order chi connectivity index (χ1) is 8.74. The topological polar surface area (TPSA) is 50.3 Å². The first-order valence-electron chi connectivity index (χ1n) is 6.49. The number of nitrogens with zero attached hydrogens (tertiary/aromatic N) is 3. The smallest absolute Gasteiger partial charge is 0.225 e. The SMILES string of the molecule is CNCc1cnc(N2CCC(OC)CC2)nc1C. The molecule has 1 N–H and O–H groups in total. The standard InChI is InChI=1S/C13H22N4O/c1-10-11(8-14-2)9-15-13(16-10)17-6-4-12(18-3)5-7-17/h9,12,14H,4-8H2,1-3H3. The Morgan fingerprint density at radius 3 is 2.72 bits per heavy atom. The number of hydrogen-bond donors (Lipinski definition) is 1. The lowest BCUT2D eigenvalue weighted by Gasteiger charge is -2.31. The fraction of sp³-hybridized carbons (Fsp3) is 0.692.